The number of nitrogens with two attached hydrogens (primary N) is 1. The summed E-state index contributed by atoms with van der Waals surface area (Å²) in [6, 6.07) is 33.1. The van der Waals surface area contributed by atoms with Crippen LogP contribution in [0.25, 0.3) is 21.8 Å². The van der Waals surface area contributed by atoms with Crippen molar-refractivity contribution in [3.05, 3.63) is 131 Å². The SMILES string of the molecule is CC(C)(C)c1cc2cc(N)ccc2[nH]1.CC(C)(C)c1cc2cc(NC(=O)C3(c4ccc5c(c4)OCO5)CC3)ccc2[nH]1.CCN(CC)CC.ClCCl.O=C(Cl)C1(c2ccc3c(c2)OCO3)CC1.O=C(O)C1(c2ccc3c(c2)OCO3)CC1.O=S(Cl)Cl.[2H]CF. The molecule has 478 valence electrons. The van der Waals surface area contributed by atoms with Crippen molar-refractivity contribution in [3.63, 3.8) is 0 Å². The number of alkyl halides is 3. The number of carbonyl (C=O) groups is 3. The first-order valence-corrected chi connectivity index (χ1v) is 32.8. The van der Waals surface area contributed by atoms with Crippen LogP contribution in [0.3, 0.4) is 0 Å². The minimum atomic E-state index is -1.67. The Balaban J connectivity index is 0.000000180. The number of H-pyrrole nitrogens is 2. The first-order valence-electron chi connectivity index (χ1n) is 29.3. The van der Waals surface area contributed by atoms with Gasteiger partial charge in [-0.15, -0.1) is 23.2 Å². The molecule has 3 fully saturated rings. The second-order valence-corrected chi connectivity index (χ2v) is 27.1. The monoisotopic (exact) mass is 1330 g/mol. The molecule has 3 saturated carbocycles. The molecule has 0 unspecified atom stereocenters. The van der Waals surface area contributed by atoms with E-state index in [1.807, 2.05) is 78.9 Å². The molecular weight excluding hydrogens is 1260 g/mol. The lowest BCUT2D eigenvalue weighted by atomic mass is 9.92. The summed E-state index contributed by atoms with van der Waals surface area (Å²) in [7, 11) is 6.36. The lowest BCUT2D eigenvalue weighted by Gasteiger charge is -2.16. The van der Waals surface area contributed by atoms with Crippen LogP contribution in [0, 0.1) is 0 Å². The van der Waals surface area contributed by atoms with Gasteiger partial charge in [-0.3, -0.25) is 18.8 Å². The van der Waals surface area contributed by atoms with Gasteiger partial charge in [0.1, 0.15) is 0 Å². The van der Waals surface area contributed by atoms with Crippen LogP contribution in [0.2, 0.25) is 0 Å². The van der Waals surface area contributed by atoms with E-state index < -0.39 is 38.6 Å². The van der Waals surface area contributed by atoms with Crippen molar-refractivity contribution in [1.29, 1.82) is 0 Å². The highest BCUT2D eigenvalue weighted by atomic mass is 36.0. The number of aromatic nitrogens is 2. The van der Waals surface area contributed by atoms with Crippen LogP contribution in [0.15, 0.2) is 103 Å². The fraction of sp³-hybridized carbons (Fsp3) is 0.431. The number of fused-ring (bicyclic) bond motifs is 5. The summed E-state index contributed by atoms with van der Waals surface area (Å²) >= 11 is 15.1. The number of nitrogens with zero attached hydrogens (tertiary/aromatic N) is 1. The van der Waals surface area contributed by atoms with Gasteiger partial charge in [0.25, 0.3) is 0 Å². The Hall–Kier alpha value is -6.12. The first kappa shape index (κ1) is 69.4. The van der Waals surface area contributed by atoms with Crippen LogP contribution in [0.4, 0.5) is 15.8 Å². The maximum atomic E-state index is 13.1. The van der Waals surface area contributed by atoms with Crippen molar-refractivity contribution in [1.82, 2.24) is 14.9 Å². The molecule has 2 aromatic heterocycles. The second kappa shape index (κ2) is 31.1. The van der Waals surface area contributed by atoms with Crippen molar-refractivity contribution in [2.24, 2.45) is 0 Å². The van der Waals surface area contributed by atoms with Gasteiger partial charge in [0.05, 0.1) is 30.1 Å². The Morgan fingerprint density at radius 2 is 0.966 bits per heavy atom. The molecule has 3 aliphatic heterocycles. The van der Waals surface area contributed by atoms with E-state index in [9.17, 15) is 18.8 Å². The molecule has 88 heavy (non-hydrogen) atoms. The standard InChI is InChI=1S/C23H24N2O3.C12H16N2.C11H9ClO3.C11H10O4.C6H15N.CH2Cl2.CH3F.Cl2OS/c1-22(2,3)20-11-14-10-16(5-6-17(14)25-20)24-21(26)23(8-9-23)15-4-7-18-19(12-15)28-13-27-18;1-12(2,3)11-7-8-6-9(13)4-5-10(8)14-11;2*12-10(13)11(3-4-11)7-1-2-8-9(5-7)15-6-14-8;1-4-7(5-2)6-3;2-1-3;1-2;1-4(2)3/h4-7,10-12,25H,8-9,13H2,1-3H3,(H,24,26);4-7,14H,13H2,1-3H3;1-2,5H,3-4,6H2;1-2,5H,3-4,6H2,(H,12,13);4-6H2,1-3H3;1H2;1H3;/i;;;;;;1D;. The zero-order valence-electron chi connectivity index (χ0n) is 51.9. The molecule has 5 aromatic carbocycles. The summed E-state index contributed by atoms with van der Waals surface area (Å²) in [5.74, 6) is 3.54. The van der Waals surface area contributed by atoms with Crippen LogP contribution in [0.1, 0.15) is 130 Å². The molecule has 5 heterocycles. The van der Waals surface area contributed by atoms with Gasteiger partial charge in [-0.2, -0.15) is 0 Å². The molecule has 0 saturated heterocycles. The predicted octanol–water partition coefficient (Wildman–Crippen LogP) is 16.1. The van der Waals surface area contributed by atoms with Crippen molar-refractivity contribution in [2.75, 3.05) is 63.6 Å². The molecule has 0 atom stereocenters. The fourth-order valence-electron chi connectivity index (χ4n) is 9.92. The number of carboxylic acid groups (broad SMARTS) is 1. The third kappa shape index (κ3) is 18.1. The number of aliphatic carboxylic acids is 1. The topological polar surface area (TPSA) is 217 Å². The average Bonchev–Trinajstić information content (AvgIpc) is 1.68. The molecule has 7 aromatic rings. The molecule has 0 radical (unpaired) electrons. The van der Waals surface area contributed by atoms with Crippen molar-refractivity contribution >= 4 is 116 Å². The zero-order chi connectivity index (χ0) is 65.5. The lowest BCUT2D eigenvalue weighted by molar-refractivity contribution is -0.140. The van der Waals surface area contributed by atoms with Gasteiger partial charge in [0.2, 0.25) is 40.8 Å². The molecule has 6 aliphatic rings. The Labute approximate surface area is 542 Å². The second-order valence-electron chi connectivity index (χ2n) is 23.4. The highest BCUT2D eigenvalue weighted by Crippen LogP contribution is 2.53. The van der Waals surface area contributed by atoms with E-state index in [0.717, 1.165) is 87.4 Å². The van der Waals surface area contributed by atoms with Crippen LogP contribution in [-0.4, -0.2) is 93.8 Å². The molecule has 6 N–H and O–H groups in total. The summed E-state index contributed by atoms with van der Waals surface area (Å²) in [5, 5.41) is 14.5. The van der Waals surface area contributed by atoms with Gasteiger partial charge in [-0.25, -0.2) is 4.21 Å². The number of amides is 1. The Morgan fingerprint density at radius 3 is 1.31 bits per heavy atom. The van der Waals surface area contributed by atoms with Crippen LogP contribution in [0.5, 0.6) is 34.5 Å². The number of rotatable bonds is 10. The molecule has 23 heteroatoms. The lowest BCUT2D eigenvalue weighted by Crippen LogP contribution is -2.27. The third-order valence-corrected chi connectivity index (χ3v) is 16.1. The van der Waals surface area contributed by atoms with Crippen LogP contribution >= 0.6 is 56.2 Å². The van der Waals surface area contributed by atoms with E-state index >= 15 is 0 Å². The molecule has 0 spiro atoms. The van der Waals surface area contributed by atoms with E-state index in [1.54, 1.807) is 12.1 Å². The molecular formula is C65H79Cl5FN5O11S. The van der Waals surface area contributed by atoms with E-state index in [2.05, 4.69) is 116 Å². The normalized spacial score (nSPS) is 15.8. The van der Waals surface area contributed by atoms with E-state index in [0.29, 0.717) is 30.1 Å². The number of carbonyl (C=O) groups excluding carboxylic acids is 2. The van der Waals surface area contributed by atoms with E-state index in [4.69, 9.17) is 79.6 Å². The van der Waals surface area contributed by atoms with E-state index in [-0.39, 0.29) is 47.7 Å². The molecule has 3 aliphatic carbocycles. The largest absolute Gasteiger partial charge is 0.481 e. The number of benzene rings is 5. The number of hydrogen-bond acceptors (Lipinski definition) is 12. The highest BCUT2D eigenvalue weighted by Gasteiger charge is 2.53. The molecule has 0 bridgehead atoms. The minimum absolute atomic E-state index is 0.0392. The molecule has 16 nitrogen and oxygen atoms in total. The quantitative estimate of drug-likeness (QED) is 0.0490. The number of carboxylic acids is 1. The first-order chi connectivity index (χ1) is 42.2. The number of anilines is 2. The third-order valence-electron chi connectivity index (χ3n) is 15.7. The minimum Gasteiger partial charge on any atom is -0.481 e. The number of hydrogen-bond donors (Lipinski definition) is 5. The Morgan fingerprint density at radius 1 is 0.614 bits per heavy atom. The number of nitrogen functional groups attached to an aromatic ring is 1. The van der Waals surface area contributed by atoms with Gasteiger partial charge < -0.3 is 59.4 Å². The Kier molecular flexibility index (Phi) is 24.5. The fourth-order valence-corrected chi connectivity index (χ4v) is 10.2. The maximum Gasteiger partial charge on any atom is 0.314 e. The summed E-state index contributed by atoms with van der Waals surface area (Å²) in [6.45, 7) is 24.0. The van der Waals surface area contributed by atoms with Crippen molar-refractivity contribution < 1.29 is 57.9 Å². The van der Waals surface area contributed by atoms with Gasteiger partial charge in [-0.05, 0) is 171 Å². The van der Waals surface area contributed by atoms with Gasteiger partial charge in [0.15, 0.2) is 34.5 Å². The van der Waals surface area contributed by atoms with Gasteiger partial charge in [0, 0.05) is 76.8 Å². The molecule has 1 amide bonds. The van der Waals surface area contributed by atoms with Crippen LogP contribution < -0.4 is 39.5 Å². The number of halogens is 6. The van der Waals surface area contributed by atoms with Crippen LogP contribution in [-0.2, 0) is 50.7 Å². The zero-order valence-corrected chi connectivity index (χ0v) is 55.5. The summed E-state index contributed by atoms with van der Waals surface area (Å²) < 4.78 is 56.3. The van der Waals surface area contributed by atoms with Gasteiger partial charge in [-0.1, -0.05) is 80.5 Å². The summed E-state index contributed by atoms with van der Waals surface area (Å²) in [4.78, 5) is 44.8. The number of aromatic amines is 2. The van der Waals surface area contributed by atoms with Crippen molar-refractivity contribution in [2.45, 2.75) is 128 Å². The predicted molar refractivity (Wildman–Crippen MR) is 353 cm³/mol. The van der Waals surface area contributed by atoms with E-state index in [1.165, 1.54) is 36.4 Å². The average molecular weight is 1340 g/mol. The maximum absolute atomic E-state index is 13.1. The van der Waals surface area contributed by atoms with Crippen molar-refractivity contribution in [3.8, 4) is 34.5 Å². The Bertz CT molecular complexity index is 3470. The smallest absolute Gasteiger partial charge is 0.314 e. The van der Waals surface area contributed by atoms with Gasteiger partial charge >= 0.3 is 5.97 Å². The molecule has 13 rings (SSSR count). The number of nitrogens with one attached hydrogen (secondary N) is 3. The highest BCUT2D eigenvalue weighted by molar-refractivity contribution is 8.26. The summed E-state index contributed by atoms with van der Waals surface area (Å²) in [6.07, 6.45) is 4.77. The summed E-state index contributed by atoms with van der Waals surface area (Å²) in [5.41, 5.74) is 13.4. The number of ether oxygens (including phenoxy) is 6.